The van der Waals surface area contributed by atoms with Gasteiger partial charge in [0.2, 0.25) is 0 Å². The van der Waals surface area contributed by atoms with Gasteiger partial charge in [-0.15, -0.1) is 0 Å². The minimum Gasteiger partial charge on any atom is -0.493 e. The molecule has 0 aliphatic rings. The van der Waals surface area contributed by atoms with Crippen molar-refractivity contribution in [1.29, 1.82) is 0 Å². The summed E-state index contributed by atoms with van der Waals surface area (Å²) < 4.78 is 16.3. The number of rotatable bonds is 8. The third-order valence-corrected chi connectivity index (χ3v) is 3.72. The zero-order valence-electron chi connectivity index (χ0n) is 14.5. The summed E-state index contributed by atoms with van der Waals surface area (Å²) in [5.41, 5.74) is 0.470. The number of ether oxygens (including phenoxy) is 3. The number of methoxy groups -OCH3 is 1. The molecule has 0 fully saturated rings. The van der Waals surface area contributed by atoms with E-state index in [0.29, 0.717) is 41.0 Å². The van der Waals surface area contributed by atoms with E-state index < -0.39 is 0 Å². The second kappa shape index (κ2) is 9.18. The molecule has 0 aromatic heterocycles. The summed E-state index contributed by atoms with van der Waals surface area (Å²) in [5, 5.41) is 3.29. The number of nitrogens with one attached hydrogen (secondary N) is 1. The van der Waals surface area contributed by atoms with Gasteiger partial charge in [0, 0.05) is 5.56 Å². The molecule has 134 valence electrons. The number of carbonyl (C=O) groups is 1. The van der Waals surface area contributed by atoms with Crippen molar-refractivity contribution in [3.8, 4) is 17.2 Å². The van der Waals surface area contributed by atoms with E-state index in [1.807, 2.05) is 38.1 Å². The molecule has 0 saturated carbocycles. The van der Waals surface area contributed by atoms with Crippen LogP contribution in [0.2, 0.25) is 5.02 Å². The molecule has 0 aliphatic heterocycles. The molecule has 0 heterocycles. The number of para-hydroxylation sites is 2. The minimum absolute atomic E-state index is 0.192. The summed E-state index contributed by atoms with van der Waals surface area (Å²) in [7, 11) is 1.59. The first-order valence-electron chi connectivity index (χ1n) is 8.04. The number of benzene rings is 2. The molecule has 0 saturated heterocycles. The molecule has 5 nitrogen and oxygen atoms in total. The molecule has 2 aromatic rings. The van der Waals surface area contributed by atoms with Gasteiger partial charge in [-0.25, -0.2) is 0 Å². The average Bonchev–Trinajstić information content (AvgIpc) is 2.62. The molecule has 1 N–H and O–H groups in total. The molecule has 1 atom stereocenters. The number of hydrogen-bond acceptors (Lipinski definition) is 4. The van der Waals surface area contributed by atoms with Gasteiger partial charge < -0.3 is 19.5 Å². The summed E-state index contributed by atoms with van der Waals surface area (Å²) in [5.74, 6) is 1.63. The molecule has 0 aliphatic carbocycles. The molecular formula is C19H22ClNO4. The van der Waals surface area contributed by atoms with Crippen LogP contribution in [0.15, 0.2) is 42.5 Å². The molecule has 0 unspecified atom stereocenters. The molecule has 0 radical (unpaired) electrons. The Morgan fingerprint density at radius 3 is 2.48 bits per heavy atom. The van der Waals surface area contributed by atoms with Crippen molar-refractivity contribution < 1.29 is 19.0 Å². The van der Waals surface area contributed by atoms with Crippen LogP contribution in [-0.2, 0) is 0 Å². The van der Waals surface area contributed by atoms with Crippen molar-refractivity contribution in [2.75, 3.05) is 20.3 Å². The Balaban J connectivity index is 1.92. The number of halogens is 1. The van der Waals surface area contributed by atoms with Crippen molar-refractivity contribution in [3.63, 3.8) is 0 Å². The summed E-state index contributed by atoms with van der Waals surface area (Å²) in [6.07, 6.45) is 0. The van der Waals surface area contributed by atoms with Gasteiger partial charge in [0.15, 0.2) is 11.5 Å². The maximum Gasteiger partial charge on any atom is 0.251 e. The van der Waals surface area contributed by atoms with Gasteiger partial charge in [-0.05, 0) is 44.2 Å². The van der Waals surface area contributed by atoms with Crippen molar-refractivity contribution >= 4 is 17.5 Å². The first-order valence-corrected chi connectivity index (χ1v) is 8.42. The van der Waals surface area contributed by atoms with E-state index in [2.05, 4.69) is 5.32 Å². The van der Waals surface area contributed by atoms with Crippen molar-refractivity contribution in [2.24, 2.45) is 0 Å². The van der Waals surface area contributed by atoms with Gasteiger partial charge in [-0.3, -0.25) is 4.79 Å². The highest BCUT2D eigenvalue weighted by molar-refractivity contribution is 6.32. The van der Waals surface area contributed by atoms with E-state index in [4.69, 9.17) is 25.8 Å². The Bertz CT molecular complexity index is 720. The highest BCUT2D eigenvalue weighted by Gasteiger charge is 2.13. The van der Waals surface area contributed by atoms with Crippen molar-refractivity contribution in [3.05, 3.63) is 53.1 Å². The van der Waals surface area contributed by atoms with Gasteiger partial charge >= 0.3 is 0 Å². The molecule has 25 heavy (non-hydrogen) atoms. The Labute approximate surface area is 152 Å². The van der Waals surface area contributed by atoms with E-state index in [1.165, 1.54) is 0 Å². The van der Waals surface area contributed by atoms with E-state index in [0.717, 1.165) is 0 Å². The standard InChI is InChI=1S/C19H22ClNO4/c1-4-24-16-10-9-14(11-15(16)20)19(22)21-13(2)12-25-18-8-6-5-7-17(18)23-3/h5-11,13H,4,12H2,1-3H3,(H,21,22)/t13-/m1/s1. The van der Waals surface area contributed by atoms with E-state index >= 15 is 0 Å². The maximum absolute atomic E-state index is 12.3. The van der Waals surface area contributed by atoms with Gasteiger partial charge in [0.1, 0.15) is 12.4 Å². The Hall–Kier alpha value is -2.40. The minimum atomic E-state index is -0.221. The summed E-state index contributed by atoms with van der Waals surface area (Å²) in [6.45, 7) is 4.57. The SMILES string of the molecule is CCOc1ccc(C(=O)N[C@H](C)COc2ccccc2OC)cc1Cl. The Morgan fingerprint density at radius 1 is 1.12 bits per heavy atom. The van der Waals surface area contributed by atoms with Crippen LogP contribution in [0.3, 0.4) is 0 Å². The fourth-order valence-electron chi connectivity index (χ4n) is 2.22. The van der Waals surface area contributed by atoms with E-state index in [1.54, 1.807) is 25.3 Å². The monoisotopic (exact) mass is 363 g/mol. The van der Waals surface area contributed by atoms with Crippen LogP contribution in [0.5, 0.6) is 17.2 Å². The zero-order chi connectivity index (χ0) is 18.2. The highest BCUT2D eigenvalue weighted by atomic mass is 35.5. The molecule has 1 amide bonds. The van der Waals surface area contributed by atoms with Crippen LogP contribution >= 0.6 is 11.6 Å². The quantitative estimate of drug-likeness (QED) is 0.771. The fraction of sp³-hybridized carbons (Fsp3) is 0.316. The predicted molar refractivity (Wildman–Crippen MR) is 98.0 cm³/mol. The molecule has 6 heteroatoms. The first kappa shape index (κ1) is 18.9. The topological polar surface area (TPSA) is 56.8 Å². The van der Waals surface area contributed by atoms with Crippen LogP contribution in [-0.4, -0.2) is 32.3 Å². The highest BCUT2D eigenvalue weighted by Crippen LogP contribution is 2.26. The zero-order valence-corrected chi connectivity index (χ0v) is 15.3. The smallest absolute Gasteiger partial charge is 0.251 e. The molecule has 2 aromatic carbocycles. The van der Waals surface area contributed by atoms with Crippen LogP contribution < -0.4 is 19.5 Å². The number of amides is 1. The van der Waals surface area contributed by atoms with Crippen LogP contribution in [0.25, 0.3) is 0 Å². The van der Waals surface area contributed by atoms with Crippen LogP contribution in [0, 0.1) is 0 Å². The molecular weight excluding hydrogens is 342 g/mol. The van der Waals surface area contributed by atoms with E-state index in [-0.39, 0.29) is 11.9 Å². The first-order chi connectivity index (χ1) is 12.0. The Kier molecular flexibility index (Phi) is 6.95. The van der Waals surface area contributed by atoms with Gasteiger partial charge in [0.05, 0.1) is 24.8 Å². The van der Waals surface area contributed by atoms with Gasteiger partial charge in [-0.2, -0.15) is 0 Å². The van der Waals surface area contributed by atoms with Gasteiger partial charge in [0.25, 0.3) is 5.91 Å². The fourth-order valence-corrected chi connectivity index (χ4v) is 2.45. The lowest BCUT2D eigenvalue weighted by molar-refractivity contribution is 0.0926. The second-order valence-corrected chi connectivity index (χ2v) is 5.82. The number of carbonyl (C=O) groups excluding carboxylic acids is 1. The lowest BCUT2D eigenvalue weighted by Crippen LogP contribution is -2.36. The molecule has 0 bridgehead atoms. The predicted octanol–water partition coefficient (Wildman–Crippen LogP) is 3.94. The Morgan fingerprint density at radius 2 is 1.84 bits per heavy atom. The van der Waals surface area contributed by atoms with Crippen LogP contribution in [0.4, 0.5) is 0 Å². The van der Waals surface area contributed by atoms with Crippen LogP contribution in [0.1, 0.15) is 24.2 Å². The second-order valence-electron chi connectivity index (χ2n) is 5.41. The van der Waals surface area contributed by atoms with Crippen molar-refractivity contribution in [1.82, 2.24) is 5.32 Å². The summed E-state index contributed by atoms with van der Waals surface area (Å²) >= 11 is 6.12. The molecule has 0 spiro atoms. The maximum atomic E-state index is 12.3. The van der Waals surface area contributed by atoms with Gasteiger partial charge in [-0.1, -0.05) is 23.7 Å². The lowest BCUT2D eigenvalue weighted by atomic mass is 10.2. The molecule has 2 rings (SSSR count). The van der Waals surface area contributed by atoms with Crippen molar-refractivity contribution in [2.45, 2.75) is 19.9 Å². The number of hydrogen-bond donors (Lipinski definition) is 1. The van der Waals surface area contributed by atoms with E-state index in [9.17, 15) is 4.79 Å². The largest absolute Gasteiger partial charge is 0.493 e. The third kappa shape index (κ3) is 5.29. The lowest BCUT2D eigenvalue weighted by Gasteiger charge is -2.16. The third-order valence-electron chi connectivity index (χ3n) is 3.43. The summed E-state index contributed by atoms with van der Waals surface area (Å²) in [6, 6.07) is 12.1. The average molecular weight is 364 g/mol. The normalized spacial score (nSPS) is 11.5. The summed E-state index contributed by atoms with van der Waals surface area (Å²) in [4.78, 5) is 12.3.